The van der Waals surface area contributed by atoms with E-state index in [1.807, 2.05) is 18.2 Å². The molecule has 0 aliphatic heterocycles. The first-order chi connectivity index (χ1) is 12.0. The molecule has 0 aliphatic rings. The molecule has 0 aliphatic carbocycles. The van der Waals surface area contributed by atoms with Gasteiger partial charge in [0, 0.05) is 21.7 Å². The predicted octanol–water partition coefficient (Wildman–Crippen LogP) is 5.77. The van der Waals surface area contributed by atoms with Gasteiger partial charge in [0.25, 0.3) is 0 Å². The van der Waals surface area contributed by atoms with Crippen LogP contribution in [0.2, 0.25) is 5.02 Å². The molecule has 0 saturated carbocycles. The third-order valence-electron chi connectivity index (χ3n) is 3.98. The van der Waals surface area contributed by atoms with Crippen LogP contribution in [0.15, 0.2) is 47.6 Å². The van der Waals surface area contributed by atoms with Gasteiger partial charge in [-0.1, -0.05) is 67.0 Å². The Morgan fingerprint density at radius 1 is 1.20 bits per heavy atom. The maximum absolute atomic E-state index is 12.9. The Morgan fingerprint density at radius 3 is 2.52 bits per heavy atom. The number of ketones is 1. The molecule has 0 amide bonds. The normalized spacial score (nSPS) is 11.9. The Bertz CT molecular complexity index is 813. The molecule has 1 N–H and O–H groups in total. The van der Waals surface area contributed by atoms with E-state index in [0.29, 0.717) is 33.3 Å². The smallest absolute Gasteiger partial charge is 0.181 e. The van der Waals surface area contributed by atoms with Crippen LogP contribution in [0.3, 0.4) is 0 Å². The van der Waals surface area contributed by atoms with E-state index in [1.54, 1.807) is 31.3 Å². The van der Waals surface area contributed by atoms with Crippen LogP contribution in [-0.4, -0.2) is 18.9 Å². The number of azide groups is 1. The molecule has 6 heteroatoms. The summed E-state index contributed by atoms with van der Waals surface area (Å²) in [5.74, 6) is 0.346. The van der Waals surface area contributed by atoms with Crippen molar-refractivity contribution in [1.82, 2.24) is 5.32 Å². The van der Waals surface area contributed by atoms with Gasteiger partial charge in [0.1, 0.15) is 0 Å². The van der Waals surface area contributed by atoms with Crippen molar-refractivity contribution in [3.05, 3.63) is 63.5 Å². The SMILES string of the molecule is CN[C@H](CC(C)C)C(=O)c1cccc(-c2ccccc2N=[N+]=[N-])c1Cl. The number of rotatable bonds is 7. The molecule has 0 saturated heterocycles. The van der Waals surface area contributed by atoms with Crippen molar-refractivity contribution in [3.8, 4) is 11.1 Å². The maximum Gasteiger partial charge on any atom is 0.181 e. The van der Waals surface area contributed by atoms with Crippen LogP contribution in [0.4, 0.5) is 5.69 Å². The summed E-state index contributed by atoms with van der Waals surface area (Å²) in [5.41, 5.74) is 11.1. The van der Waals surface area contributed by atoms with E-state index >= 15 is 0 Å². The molecule has 25 heavy (non-hydrogen) atoms. The Kier molecular flexibility index (Phi) is 6.59. The Labute approximate surface area is 152 Å². The second kappa shape index (κ2) is 8.67. The molecule has 0 fully saturated rings. The van der Waals surface area contributed by atoms with Crippen molar-refractivity contribution in [1.29, 1.82) is 0 Å². The first-order valence-corrected chi connectivity index (χ1v) is 8.51. The van der Waals surface area contributed by atoms with Crippen LogP contribution in [0.25, 0.3) is 21.6 Å². The zero-order chi connectivity index (χ0) is 18.4. The van der Waals surface area contributed by atoms with Gasteiger partial charge in [-0.15, -0.1) is 0 Å². The number of hydrogen-bond acceptors (Lipinski definition) is 3. The zero-order valence-electron chi connectivity index (χ0n) is 14.5. The second-order valence-electron chi connectivity index (χ2n) is 6.21. The second-order valence-corrected chi connectivity index (χ2v) is 6.59. The fourth-order valence-electron chi connectivity index (χ4n) is 2.78. The standard InChI is InChI=1S/C19H21ClN4O/c1-12(2)11-17(22-3)19(25)15-9-6-8-14(18(15)20)13-7-4-5-10-16(13)23-24-21/h4-10,12,17,22H,11H2,1-3H3/t17-/m1/s1. The molecule has 0 radical (unpaired) electrons. The van der Waals surface area contributed by atoms with Crippen molar-refractivity contribution >= 4 is 23.1 Å². The van der Waals surface area contributed by atoms with E-state index in [1.165, 1.54) is 0 Å². The fraction of sp³-hybridized carbons (Fsp3) is 0.316. The van der Waals surface area contributed by atoms with Crippen molar-refractivity contribution < 1.29 is 4.79 Å². The van der Waals surface area contributed by atoms with Gasteiger partial charge in [-0.25, -0.2) is 0 Å². The number of carbonyl (C=O) groups excluding carboxylic acids is 1. The van der Waals surface area contributed by atoms with Gasteiger partial charge in [-0.05, 0) is 36.5 Å². The number of halogens is 1. The number of likely N-dealkylation sites (N-methyl/N-ethyl adjacent to an activating group) is 1. The van der Waals surface area contributed by atoms with Crippen molar-refractivity contribution in [2.45, 2.75) is 26.3 Å². The summed E-state index contributed by atoms with van der Waals surface area (Å²) in [6.45, 7) is 4.15. The minimum atomic E-state index is -0.292. The lowest BCUT2D eigenvalue weighted by atomic mass is 9.93. The van der Waals surface area contributed by atoms with Gasteiger partial charge in [-0.3, -0.25) is 4.79 Å². The van der Waals surface area contributed by atoms with Gasteiger partial charge in [0.15, 0.2) is 5.78 Å². The number of carbonyl (C=O) groups is 1. The van der Waals surface area contributed by atoms with Gasteiger partial charge >= 0.3 is 0 Å². The maximum atomic E-state index is 12.9. The molecule has 1 atom stereocenters. The number of nitrogens with zero attached hydrogens (tertiary/aromatic N) is 3. The summed E-state index contributed by atoms with van der Waals surface area (Å²) in [5, 5.41) is 7.16. The van der Waals surface area contributed by atoms with Crippen molar-refractivity contribution in [2.24, 2.45) is 11.0 Å². The van der Waals surface area contributed by atoms with Gasteiger partial charge in [-0.2, -0.15) is 0 Å². The lowest BCUT2D eigenvalue weighted by Gasteiger charge is -2.19. The number of benzene rings is 2. The van der Waals surface area contributed by atoms with Crippen molar-refractivity contribution in [3.63, 3.8) is 0 Å². The van der Waals surface area contributed by atoms with Crippen LogP contribution < -0.4 is 5.32 Å². The van der Waals surface area contributed by atoms with Crippen LogP contribution in [-0.2, 0) is 0 Å². The molecule has 0 aromatic heterocycles. The lowest BCUT2D eigenvalue weighted by molar-refractivity contribution is 0.0935. The van der Waals surface area contributed by atoms with E-state index in [0.717, 1.165) is 6.42 Å². The Balaban J connectivity index is 2.51. The predicted molar refractivity (Wildman–Crippen MR) is 102 cm³/mol. The van der Waals surface area contributed by atoms with Crippen LogP contribution >= 0.6 is 11.6 Å². The Morgan fingerprint density at radius 2 is 1.88 bits per heavy atom. The summed E-state index contributed by atoms with van der Waals surface area (Å²) in [6, 6.07) is 12.2. The summed E-state index contributed by atoms with van der Waals surface area (Å²) < 4.78 is 0. The average molecular weight is 357 g/mol. The third-order valence-corrected chi connectivity index (χ3v) is 4.39. The summed E-state index contributed by atoms with van der Waals surface area (Å²) >= 11 is 6.56. The van der Waals surface area contributed by atoms with Crippen LogP contribution in [0.5, 0.6) is 0 Å². The molecular weight excluding hydrogens is 336 g/mol. The van der Waals surface area contributed by atoms with Crippen LogP contribution in [0.1, 0.15) is 30.6 Å². The van der Waals surface area contributed by atoms with Gasteiger partial charge in [0.05, 0.1) is 11.1 Å². The largest absolute Gasteiger partial charge is 0.310 e. The lowest BCUT2D eigenvalue weighted by Crippen LogP contribution is -2.35. The first-order valence-electron chi connectivity index (χ1n) is 8.14. The highest BCUT2D eigenvalue weighted by Gasteiger charge is 2.23. The fourth-order valence-corrected chi connectivity index (χ4v) is 3.10. The highest BCUT2D eigenvalue weighted by Crippen LogP contribution is 2.37. The van der Waals surface area contributed by atoms with E-state index in [4.69, 9.17) is 17.1 Å². The van der Waals surface area contributed by atoms with E-state index in [2.05, 4.69) is 29.2 Å². The molecule has 0 unspecified atom stereocenters. The average Bonchev–Trinajstić information content (AvgIpc) is 2.60. The highest BCUT2D eigenvalue weighted by molar-refractivity contribution is 6.37. The number of nitrogens with one attached hydrogen (secondary N) is 1. The topological polar surface area (TPSA) is 77.9 Å². The molecule has 130 valence electrons. The van der Waals surface area contributed by atoms with Gasteiger partial charge < -0.3 is 5.32 Å². The molecule has 2 aromatic rings. The van der Waals surface area contributed by atoms with E-state index in [-0.39, 0.29) is 11.8 Å². The minimum Gasteiger partial charge on any atom is -0.310 e. The molecule has 0 spiro atoms. The van der Waals surface area contributed by atoms with Crippen molar-refractivity contribution in [2.75, 3.05) is 7.05 Å². The monoisotopic (exact) mass is 356 g/mol. The van der Waals surface area contributed by atoms with Gasteiger partial charge in [0.2, 0.25) is 0 Å². The molecule has 5 nitrogen and oxygen atoms in total. The summed E-state index contributed by atoms with van der Waals surface area (Å²) in [6.07, 6.45) is 0.727. The molecule has 0 bridgehead atoms. The molecule has 2 aromatic carbocycles. The van der Waals surface area contributed by atoms with E-state index < -0.39 is 0 Å². The Hall–Kier alpha value is -2.33. The van der Waals surface area contributed by atoms with Crippen LogP contribution in [0, 0.1) is 5.92 Å². The minimum absolute atomic E-state index is 0.0377. The summed E-state index contributed by atoms with van der Waals surface area (Å²) in [4.78, 5) is 15.8. The number of Topliss-reactive ketones (excluding diaryl/α,β-unsaturated/α-hetero) is 1. The quantitative estimate of drug-likeness (QED) is 0.296. The highest BCUT2D eigenvalue weighted by atomic mass is 35.5. The molecular formula is C19H21ClN4O. The molecule has 2 rings (SSSR count). The zero-order valence-corrected chi connectivity index (χ0v) is 15.3. The van der Waals surface area contributed by atoms with E-state index in [9.17, 15) is 4.79 Å². The first kappa shape index (κ1) is 19.0. The third kappa shape index (κ3) is 4.40. The summed E-state index contributed by atoms with van der Waals surface area (Å²) in [7, 11) is 1.78. The number of hydrogen-bond donors (Lipinski definition) is 1. The molecule has 0 heterocycles.